The van der Waals surface area contributed by atoms with Gasteiger partial charge >= 0.3 is 0 Å². The van der Waals surface area contributed by atoms with Gasteiger partial charge in [0.15, 0.2) is 5.78 Å². The molecule has 0 spiro atoms. The fourth-order valence-electron chi connectivity index (χ4n) is 3.75. The van der Waals surface area contributed by atoms with Crippen molar-refractivity contribution < 1.29 is 14.3 Å². The molecule has 20 heavy (non-hydrogen) atoms. The third-order valence-electron chi connectivity index (χ3n) is 4.71. The maximum absolute atomic E-state index is 13.2. The molecule has 3 rings (SSSR count). The molecular weight excluding hydrogens is 257 g/mol. The number of carbonyl (C=O) groups is 1. The van der Waals surface area contributed by atoms with Crippen molar-refractivity contribution in [2.24, 2.45) is 5.92 Å². The Hall–Kier alpha value is -1.42. The molecule has 1 aromatic carbocycles. The Bertz CT molecular complexity index is 517. The lowest BCUT2D eigenvalue weighted by Gasteiger charge is -2.37. The number of hydrogen-bond donors (Lipinski definition) is 1. The van der Waals surface area contributed by atoms with Crippen molar-refractivity contribution in [2.45, 2.75) is 38.1 Å². The number of rotatable bonds is 3. The van der Waals surface area contributed by atoms with Gasteiger partial charge in [-0.05, 0) is 56.3 Å². The molecule has 0 amide bonds. The average molecular weight is 277 g/mol. The van der Waals surface area contributed by atoms with Gasteiger partial charge in [0.1, 0.15) is 11.6 Å². The Kier molecular flexibility index (Phi) is 3.74. The van der Waals surface area contributed by atoms with Crippen LogP contribution in [0.15, 0.2) is 18.2 Å². The van der Waals surface area contributed by atoms with Crippen LogP contribution in [0.3, 0.4) is 0 Å². The number of hydrogen-bond acceptors (Lipinski definition) is 3. The number of Topliss-reactive ketones (excluding diaryl/α,β-unsaturated/α-hetero) is 1. The topological polar surface area (TPSA) is 40.5 Å². The predicted molar refractivity (Wildman–Crippen MR) is 74.3 cm³/mol. The molecule has 2 fully saturated rings. The Labute approximate surface area is 118 Å². The maximum atomic E-state index is 13.2. The van der Waals surface area contributed by atoms with Crippen molar-refractivity contribution in [3.05, 3.63) is 29.6 Å². The minimum atomic E-state index is -0.483. The van der Waals surface area contributed by atoms with Gasteiger partial charge in [-0.2, -0.15) is 0 Å². The van der Waals surface area contributed by atoms with E-state index < -0.39 is 5.82 Å². The van der Waals surface area contributed by atoms with Crippen LogP contribution in [0.2, 0.25) is 0 Å². The number of likely N-dealkylation sites (tertiary alicyclic amines) is 1. The minimum absolute atomic E-state index is 0.102. The summed E-state index contributed by atoms with van der Waals surface area (Å²) in [5.41, 5.74) is 0.102. The molecule has 0 bridgehead atoms. The molecule has 2 unspecified atom stereocenters. The number of phenols is 1. The van der Waals surface area contributed by atoms with Crippen molar-refractivity contribution in [3.63, 3.8) is 0 Å². The molecule has 1 aromatic rings. The predicted octanol–water partition coefficient (Wildman–Crippen LogP) is 2.98. The molecule has 1 heterocycles. The zero-order valence-corrected chi connectivity index (χ0v) is 11.5. The Morgan fingerprint density at radius 2 is 2.10 bits per heavy atom. The van der Waals surface area contributed by atoms with Crippen molar-refractivity contribution in [1.82, 2.24) is 4.90 Å². The van der Waals surface area contributed by atoms with Crippen LogP contribution in [0, 0.1) is 11.7 Å². The number of carbonyl (C=O) groups excluding carboxylic acids is 1. The van der Waals surface area contributed by atoms with E-state index >= 15 is 0 Å². The molecule has 1 aliphatic carbocycles. The first-order valence-corrected chi connectivity index (χ1v) is 7.41. The van der Waals surface area contributed by atoms with Gasteiger partial charge in [-0.25, -0.2) is 4.39 Å². The number of fused-ring (bicyclic) bond motifs is 1. The summed E-state index contributed by atoms with van der Waals surface area (Å²) in [6.45, 7) is 1.22. The first-order chi connectivity index (χ1) is 9.65. The highest BCUT2D eigenvalue weighted by Crippen LogP contribution is 2.36. The molecule has 2 aliphatic rings. The smallest absolute Gasteiger partial charge is 0.180 e. The van der Waals surface area contributed by atoms with Gasteiger partial charge in [-0.3, -0.25) is 9.69 Å². The molecule has 0 radical (unpaired) electrons. The number of benzene rings is 1. The average Bonchev–Trinajstić information content (AvgIpc) is 2.91. The lowest BCUT2D eigenvalue weighted by molar-refractivity contribution is 0.0774. The van der Waals surface area contributed by atoms with E-state index in [-0.39, 0.29) is 23.6 Å². The zero-order valence-electron chi connectivity index (χ0n) is 11.5. The zero-order chi connectivity index (χ0) is 14.1. The summed E-state index contributed by atoms with van der Waals surface area (Å²) < 4.78 is 13.2. The fourth-order valence-corrected chi connectivity index (χ4v) is 3.75. The maximum Gasteiger partial charge on any atom is 0.180 e. The summed E-state index contributed by atoms with van der Waals surface area (Å²) >= 11 is 0. The van der Waals surface area contributed by atoms with Crippen LogP contribution in [0.4, 0.5) is 4.39 Å². The lowest BCUT2D eigenvalue weighted by atomic mass is 9.91. The normalized spacial score (nSPS) is 26.4. The summed E-state index contributed by atoms with van der Waals surface area (Å²) in [6, 6.07) is 4.05. The van der Waals surface area contributed by atoms with Gasteiger partial charge in [0.2, 0.25) is 0 Å². The van der Waals surface area contributed by atoms with Gasteiger partial charge in [0, 0.05) is 6.04 Å². The van der Waals surface area contributed by atoms with Crippen LogP contribution in [0.1, 0.15) is 42.5 Å². The summed E-state index contributed by atoms with van der Waals surface area (Å²) in [5.74, 6) is -0.0767. The minimum Gasteiger partial charge on any atom is -0.507 e. The molecule has 2 atom stereocenters. The summed E-state index contributed by atoms with van der Waals surface area (Å²) in [7, 11) is 0. The number of aromatic hydroxyl groups is 1. The van der Waals surface area contributed by atoms with Crippen LogP contribution in [-0.4, -0.2) is 34.9 Å². The number of phenolic OH excluding ortho intramolecular Hbond substituents is 1. The standard InChI is InChI=1S/C16H20FNO2/c17-12-6-7-15(19)13(9-12)16(20)10-18-8-2-4-11-3-1-5-14(11)18/h6-7,9,11,14,19H,1-5,8,10H2. The van der Waals surface area contributed by atoms with Crippen LogP contribution < -0.4 is 0 Å². The fraction of sp³-hybridized carbons (Fsp3) is 0.562. The van der Waals surface area contributed by atoms with Gasteiger partial charge in [0.25, 0.3) is 0 Å². The molecule has 108 valence electrons. The van der Waals surface area contributed by atoms with E-state index in [1.165, 1.54) is 31.4 Å². The summed E-state index contributed by atoms with van der Waals surface area (Å²) in [4.78, 5) is 14.5. The van der Waals surface area contributed by atoms with E-state index in [1.54, 1.807) is 0 Å². The quantitative estimate of drug-likeness (QED) is 0.863. The Balaban J connectivity index is 1.73. The second-order valence-corrected chi connectivity index (χ2v) is 5.96. The van der Waals surface area contributed by atoms with E-state index in [4.69, 9.17) is 0 Å². The first-order valence-electron chi connectivity index (χ1n) is 7.41. The van der Waals surface area contributed by atoms with Gasteiger partial charge in [0.05, 0.1) is 12.1 Å². The van der Waals surface area contributed by atoms with Crippen molar-refractivity contribution in [1.29, 1.82) is 0 Å². The van der Waals surface area contributed by atoms with Crippen LogP contribution in [-0.2, 0) is 0 Å². The number of ketones is 1. The molecule has 3 nitrogen and oxygen atoms in total. The van der Waals surface area contributed by atoms with Crippen molar-refractivity contribution >= 4 is 5.78 Å². The van der Waals surface area contributed by atoms with E-state index in [9.17, 15) is 14.3 Å². The van der Waals surface area contributed by atoms with Crippen LogP contribution in [0.5, 0.6) is 5.75 Å². The molecule has 0 aromatic heterocycles. The number of nitrogens with zero attached hydrogens (tertiary/aromatic N) is 1. The molecule has 1 saturated heterocycles. The second kappa shape index (κ2) is 5.52. The van der Waals surface area contributed by atoms with Gasteiger partial charge in [-0.15, -0.1) is 0 Å². The highest BCUT2D eigenvalue weighted by atomic mass is 19.1. The molecule has 1 aliphatic heterocycles. The second-order valence-electron chi connectivity index (χ2n) is 5.96. The third-order valence-corrected chi connectivity index (χ3v) is 4.71. The van der Waals surface area contributed by atoms with E-state index in [2.05, 4.69) is 4.90 Å². The summed E-state index contributed by atoms with van der Waals surface area (Å²) in [5, 5.41) is 9.72. The molecule has 1 N–H and O–H groups in total. The Morgan fingerprint density at radius 1 is 1.30 bits per heavy atom. The van der Waals surface area contributed by atoms with Crippen LogP contribution in [0.25, 0.3) is 0 Å². The van der Waals surface area contributed by atoms with Gasteiger partial charge < -0.3 is 5.11 Å². The first kappa shape index (κ1) is 13.6. The molecule has 4 heteroatoms. The Morgan fingerprint density at radius 3 is 2.95 bits per heavy atom. The summed E-state index contributed by atoms with van der Waals surface area (Å²) in [6.07, 6.45) is 6.06. The largest absolute Gasteiger partial charge is 0.507 e. The van der Waals surface area contributed by atoms with Gasteiger partial charge in [-0.1, -0.05) is 6.42 Å². The van der Waals surface area contributed by atoms with Crippen molar-refractivity contribution in [3.8, 4) is 5.75 Å². The monoisotopic (exact) mass is 277 g/mol. The number of halogens is 1. The van der Waals surface area contributed by atoms with E-state index in [0.717, 1.165) is 31.4 Å². The highest BCUT2D eigenvalue weighted by molar-refractivity contribution is 6.00. The SMILES string of the molecule is O=C(CN1CCCC2CCCC21)c1cc(F)ccc1O. The number of piperidine rings is 1. The third kappa shape index (κ3) is 2.57. The molecular formula is C16H20FNO2. The van der Waals surface area contributed by atoms with E-state index in [1.807, 2.05) is 0 Å². The highest BCUT2D eigenvalue weighted by Gasteiger charge is 2.35. The molecule has 1 saturated carbocycles. The lowest BCUT2D eigenvalue weighted by Crippen LogP contribution is -2.45. The van der Waals surface area contributed by atoms with Crippen LogP contribution >= 0.6 is 0 Å². The van der Waals surface area contributed by atoms with Crippen molar-refractivity contribution in [2.75, 3.05) is 13.1 Å². The van der Waals surface area contributed by atoms with E-state index in [0.29, 0.717) is 6.04 Å².